The number of fused-ring (bicyclic) bond motifs is 1. The molecule has 1 amide bonds. The van der Waals surface area contributed by atoms with Crippen LogP contribution in [0.4, 0.5) is 0 Å². The first-order valence-electron chi connectivity index (χ1n) is 7.02. The van der Waals surface area contributed by atoms with Crippen molar-refractivity contribution in [3.05, 3.63) is 53.7 Å². The Morgan fingerprint density at radius 1 is 1.23 bits per heavy atom. The smallest absolute Gasteiger partial charge is 0.252 e. The molecule has 0 bridgehead atoms. The molecule has 0 aliphatic heterocycles. The van der Waals surface area contributed by atoms with Gasteiger partial charge in [-0.2, -0.15) is 5.10 Å². The third kappa shape index (κ3) is 2.60. The van der Waals surface area contributed by atoms with Gasteiger partial charge >= 0.3 is 0 Å². The molecule has 112 valence electrons. The summed E-state index contributed by atoms with van der Waals surface area (Å²) in [4.78, 5) is 14.0. The number of hydrogen-bond donors (Lipinski definition) is 1. The van der Waals surface area contributed by atoms with Gasteiger partial charge < -0.3 is 5.32 Å². The van der Waals surface area contributed by atoms with Gasteiger partial charge in [0.1, 0.15) is 0 Å². The van der Waals surface area contributed by atoms with Crippen molar-refractivity contribution in [3.8, 4) is 0 Å². The van der Waals surface area contributed by atoms with Crippen molar-refractivity contribution in [1.29, 1.82) is 0 Å². The highest BCUT2D eigenvalue weighted by Crippen LogP contribution is 2.32. The SMILES string of the molecule is CNC(=O)c1ccccc1Sc1ccc2c(C)nn(C)c2c1. The number of benzene rings is 2. The van der Waals surface area contributed by atoms with Crippen molar-refractivity contribution in [2.45, 2.75) is 16.7 Å². The number of aromatic nitrogens is 2. The molecule has 0 aliphatic carbocycles. The minimum absolute atomic E-state index is 0.0689. The Morgan fingerprint density at radius 3 is 2.77 bits per heavy atom. The van der Waals surface area contributed by atoms with Gasteiger partial charge in [0.05, 0.1) is 16.8 Å². The fourth-order valence-corrected chi connectivity index (χ4v) is 3.46. The summed E-state index contributed by atoms with van der Waals surface area (Å²) in [5, 5.41) is 8.28. The number of rotatable bonds is 3. The van der Waals surface area contributed by atoms with Crippen LogP contribution in [0.15, 0.2) is 52.3 Å². The fourth-order valence-electron chi connectivity index (χ4n) is 2.49. The largest absolute Gasteiger partial charge is 0.355 e. The van der Waals surface area contributed by atoms with Crippen LogP contribution >= 0.6 is 11.8 Å². The first kappa shape index (κ1) is 14.7. The molecule has 0 saturated heterocycles. The van der Waals surface area contributed by atoms with Crippen molar-refractivity contribution in [3.63, 3.8) is 0 Å². The van der Waals surface area contributed by atoms with E-state index in [9.17, 15) is 4.79 Å². The molecule has 1 N–H and O–H groups in total. The summed E-state index contributed by atoms with van der Waals surface area (Å²) in [7, 11) is 3.59. The van der Waals surface area contributed by atoms with Crippen molar-refractivity contribution < 1.29 is 4.79 Å². The molecule has 0 fully saturated rings. The number of carbonyl (C=O) groups excluding carboxylic acids is 1. The lowest BCUT2D eigenvalue weighted by Gasteiger charge is -2.08. The Bertz CT molecular complexity index is 854. The molecule has 2 aromatic carbocycles. The summed E-state index contributed by atoms with van der Waals surface area (Å²) in [6.45, 7) is 2.01. The predicted molar refractivity (Wildman–Crippen MR) is 89.4 cm³/mol. The molecule has 0 unspecified atom stereocenters. The van der Waals surface area contributed by atoms with Gasteiger partial charge in [-0.3, -0.25) is 9.48 Å². The number of nitrogens with one attached hydrogen (secondary N) is 1. The molecule has 0 atom stereocenters. The normalized spacial score (nSPS) is 10.9. The van der Waals surface area contributed by atoms with E-state index in [0.29, 0.717) is 5.56 Å². The van der Waals surface area contributed by atoms with Gasteiger partial charge in [0, 0.05) is 29.3 Å². The van der Waals surface area contributed by atoms with Gasteiger partial charge in [0.15, 0.2) is 0 Å². The highest BCUT2D eigenvalue weighted by molar-refractivity contribution is 7.99. The number of hydrogen-bond acceptors (Lipinski definition) is 3. The van der Waals surface area contributed by atoms with Crippen LogP contribution in [0.3, 0.4) is 0 Å². The Hall–Kier alpha value is -2.27. The maximum Gasteiger partial charge on any atom is 0.252 e. The molecule has 0 radical (unpaired) electrons. The number of amides is 1. The minimum Gasteiger partial charge on any atom is -0.355 e. The highest BCUT2D eigenvalue weighted by Gasteiger charge is 2.11. The van der Waals surface area contributed by atoms with E-state index in [1.54, 1.807) is 18.8 Å². The summed E-state index contributed by atoms with van der Waals surface area (Å²) >= 11 is 1.59. The lowest BCUT2D eigenvalue weighted by atomic mass is 10.2. The highest BCUT2D eigenvalue weighted by atomic mass is 32.2. The predicted octanol–water partition coefficient (Wildman–Crippen LogP) is 3.39. The topological polar surface area (TPSA) is 46.9 Å². The van der Waals surface area contributed by atoms with Gasteiger partial charge in [-0.15, -0.1) is 0 Å². The first-order chi connectivity index (χ1) is 10.6. The van der Waals surface area contributed by atoms with Gasteiger partial charge in [0.2, 0.25) is 0 Å². The van der Waals surface area contributed by atoms with Crippen molar-refractivity contribution >= 4 is 28.6 Å². The second-order valence-corrected chi connectivity index (χ2v) is 6.18. The van der Waals surface area contributed by atoms with E-state index in [2.05, 4.69) is 28.6 Å². The lowest BCUT2D eigenvalue weighted by Crippen LogP contribution is -2.18. The van der Waals surface area contributed by atoms with Gasteiger partial charge in [-0.05, 0) is 37.3 Å². The molecule has 5 heteroatoms. The average Bonchev–Trinajstić information content (AvgIpc) is 2.81. The van der Waals surface area contributed by atoms with Gasteiger partial charge in [-0.1, -0.05) is 23.9 Å². The summed E-state index contributed by atoms with van der Waals surface area (Å²) in [5.74, 6) is -0.0689. The summed E-state index contributed by atoms with van der Waals surface area (Å²) < 4.78 is 1.89. The third-order valence-corrected chi connectivity index (χ3v) is 4.66. The monoisotopic (exact) mass is 311 g/mol. The number of carbonyl (C=O) groups is 1. The third-order valence-electron chi connectivity index (χ3n) is 3.59. The van der Waals surface area contributed by atoms with Crippen molar-refractivity contribution in [2.75, 3.05) is 7.05 Å². The van der Waals surface area contributed by atoms with E-state index in [-0.39, 0.29) is 5.91 Å². The molecule has 0 aliphatic rings. The Morgan fingerprint density at radius 2 is 2.00 bits per heavy atom. The van der Waals surface area contributed by atoms with Crippen LogP contribution in [0.2, 0.25) is 0 Å². The van der Waals surface area contributed by atoms with E-state index in [1.165, 1.54) is 0 Å². The van der Waals surface area contributed by atoms with Crippen LogP contribution in [-0.2, 0) is 7.05 Å². The lowest BCUT2D eigenvalue weighted by molar-refractivity contribution is 0.0960. The van der Waals surface area contributed by atoms with Gasteiger partial charge in [0.25, 0.3) is 5.91 Å². The molecule has 22 heavy (non-hydrogen) atoms. The zero-order chi connectivity index (χ0) is 15.7. The van der Waals surface area contributed by atoms with E-state index in [4.69, 9.17) is 0 Å². The minimum atomic E-state index is -0.0689. The molecule has 1 heterocycles. The van der Waals surface area contributed by atoms with E-state index in [0.717, 1.165) is 26.4 Å². The zero-order valence-corrected chi connectivity index (χ0v) is 13.6. The molecule has 3 aromatic rings. The molecular formula is C17H17N3OS. The summed E-state index contributed by atoms with van der Waals surface area (Å²) in [5.41, 5.74) is 2.82. The van der Waals surface area contributed by atoms with E-state index in [1.807, 2.05) is 42.9 Å². The standard InChI is InChI=1S/C17H17N3OS/c1-11-13-9-8-12(10-15(13)20(3)19-11)22-16-7-5-4-6-14(16)17(21)18-2/h4-10H,1-3H3,(H,18,21). The van der Waals surface area contributed by atoms with Crippen LogP contribution in [0, 0.1) is 6.92 Å². The molecule has 0 saturated carbocycles. The summed E-state index contributed by atoms with van der Waals surface area (Å²) in [6, 6.07) is 13.9. The Balaban J connectivity index is 2.00. The second-order valence-electron chi connectivity index (χ2n) is 5.07. The summed E-state index contributed by atoms with van der Waals surface area (Å²) in [6.07, 6.45) is 0. The molecule has 4 nitrogen and oxygen atoms in total. The van der Waals surface area contributed by atoms with Crippen molar-refractivity contribution in [2.24, 2.45) is 7.05 Å². The first-order valence-corrected chi connectivity index (χ1v) is 7.84. The zero-order valence-electron chi connectivity index (χ0n) is 12.8. The van der Waals surface area contributed by atoms with E-state index < -0.39 is 0 Å². The second kappa shape index (κ2) is 5.85. The number of nitrogens with zero attached hydrogens (tertiary/aromatic N) is 2. The van der Waals surface area contributed by atoms with Crippen LogP contribution in [-0.4, -0.2) is 22.7 Å². The van der Waals surface area contributed by atoms with Crippen molar-refractivity contribution in [1.82, 2.24) is 15.1 Å². The number of aryl methyl sites for hydroxylation is 2. The molecular weight excluding hydrogens is 294 g/mol. The van der Waals surface area contributed by atoms with Crippen LogP contribution < -0.4 is 5.32 Å². The fraction of sp³-hybridized carbons (Fsp3) is 0.176. The Kier molecular flexibility index (Phi) is 3.90. The quantitative estimate of drug-likeness (QED) is 0.806. The van der Waals surface area contributed by atoms with Gasteiger partial charge in [-0.25, -0.2) is 0 Å². The maximum atomic E-state index is 12.0. The van der Waals surface area contributed by atoms with Crippen LogP contribution in [0.5, 0.6) is 0 Å². The maximum absolute atomic E-state index is 12.0. The van der Waals surface area contributed by atoms with Crippen LogP contribution in [0.25, 0.3) is 10.9 Å². The molecule has 1 aromatic heterocycles. The van der Waals surface area contributed by atoms with E-state index >= 15 is 0 Å². The van der Waals surface area contributed by atoms with Crippen LogP contribution in [0.1, 0.15) is 16.1 Å². The average molecular weight is 311 g/mol. The Labute approximate surface area is 133 Å². The molecule has 3 rings (SSSR count). The molecule has 0 spiro atoms.